The number of hydrogen-bond acceptors (Lipinski definition) is 4. The van der Waals surface area contributed by atoms with Gasteiger partial charge in [-0.15, -0.1) is 0 Å². The van der Waals surface area contributed by atoms with E-state index < -0.39 is 0 Å². The van der Waals surface area contributed by atoms with Crippen molar-refractivity contribution < 1.29 is 4.79 Å². The van der Waals surface area contributed by atoms with Crippen LogP contribution >= 0.6 is 0 Å². The normalized spacial score (nSPS) is 18.5. The van der Waals surface area contributed by atoms with Crippen LogP contribution in [0.2, 0.25) is 0 Å². The van der Waals surface area contributed by atoms with Crippen LogP contribution < -0.4 is 4.90 Å². The Bertz CT molecular complexity index is 667. The average molecular weight is 302 g/mol. The molecule has 1 aliphatic heterocycles. The molecule has 1 saturated heterocycles. The summed E-state index contributed by atoms with van der Waals surface area (Å²) in [5.41, 5.74) is 0.845. The number of aromatic nitrogens is 3. The van der Waals surface area contributed by atoms with E-state index in [1.54, 1.807) is 29.7 Å². The third-order valence-corrected chi connectivity index (χ3v) is 4.20. The molecule has 3 rings (SSSR count). The van der Waals surface area contributed by atoms with Crippen LogP contribution in [0.5, 0.6) is 0 Å². The standard InChI is InChI=1S/C15H22N6O/c1-18(2)15(22)19(3)12-5-4-9-20(11-12)13-7-10-21-14(17-13)6-8-16-21/h6-8,10,12H,4-5,9,11H2,1-3H3. The van der Waals surface area contributed by atoms with Gasteiger partial charge in [0.2, 0.25) is 0 Å². The van der Waals surface area contributed by atoms with E-state index in [-0.39, 0.29) is 12.1 Å². The highest BCUT2D eigenvalue weighted by Crippen LogP contribution is 2.21. The molecule has 0 bridgehead atoms. The van der Waals surface area contributed by atoms with Crippen LogP contribution in [0.1, 0.15) is 12.8 Å². The molecule has 0 spiro atoms. The Balaban J connectivity index is 1.76. The lowest BCUT2D eigenvalue weighted by molar-refractivity contribution is 0.157. The van der Waals surface area contributed by atoms with Crippen molar-refractivity contribution in [3.8, 4) is 0 Å². The van der Waals surface area contributed by atoms with Gasteiger partial charge in [0.15, 0.2) is 5.65 Å². The maximum Gasteiger partial charge on any atom is 0.319 e. The predicted molar refractivity (Wildman–Crippen MR) is 85.1 cm³/mol. The van der Waals surface area contributed by atoms with Gasteiger partial charge in [0.25, 0.3) is 0 Å². The van der Waals surface area contributed by atoms with Gasteiger partial charge in [-0.1, -0.05) is 0 Å². The Hall–Kier alpha value is -2.31. The summed E-state index contributed by atoms with van der Waals surface area (Å²) in [4.78, 5) is 22.5. The molecular formula is C15H22N6O. The lowest BCUT2D eigenvalue weighted by Crippen LogP contribution is -2.51. The summed E-state index contributed by atoms with van der Waals surface area (Å²) in [6.45, 7) is 1.78. The molecule has 7 heteroatoms. The largest absolute Gasteiger partial charge is 0.354 e. The van der Waals surface area contributed by atoms with Crippen molar-refractivity contribution in [2.45, 2.75) is 18.9 Å². The number of rotatable bonds is 2. The molecule has 22 heavy (non-hydrogen) atoms. The van der Waals surface area contributed by atoms with Crippen LogP contribution in [0.25, 0.3) is 5.65 Å². The minimum atomic E-state index is 0.0473. The van der Waals surface area contributed by atoms with E-state index in [4.69, 9.17) is 0 Å². The number of hydrogen-bond donors (Lipinski definition) is 0. The smallest absolute Gasteiger partial charge is 0.319 e. The van der Waals surface area contributed by atoms with Gasteiger partial charge in [-0.2, -0.15) is 5.10 Å². The van der Waals surface area contributed by atoms with Crippen LogP contribution in [0.15, 0.2) is 24.5 Å². The van der Waals surface area contributed by atoms with Crippen LogP contribution in [-0.4, -0.2) is 70.7 Å². The molecular weight excluding hydrogens is 280 g/mol. The number of anilines is 1. The third-order valence-electron chi connectivity index (χ3n) is 4.20. The molecule has 7 nitrogen and oxygen atoms in total. The minimum absolute atomic E-state index is 0.0473. The molecule has 2 aromatic rings. The fourth-order valence-corrected chi connectivity index (χ4v) is 2.93. The van der Waals surface area contributed by atoms with Gasteiger partial charge in [-0.25, -0.2) is 14.3 Å². The second-order valence-corrected chi connectivity index (χ2v) is 5.95. The molecule has 118 valence electrons. The zero-order valence-electron chi connectivity index (χ0n) is 13.3. The molecule has 0 radical (unpaired) electrons. The van der Waals surface area contributed by atoms with E-state index in [2.05, 4.69) is 15.0 Å². The first-order valence-electron chi connectivity index (χ1n) is 7.55. The summed E-state index contributed by atoms with van der Waals surface area (Å²) in [6, 6.07) is 4.14. The fourth-order valence-electron chi connectivity index (χ4n) is 2.93. The van der Waals surface area contributed by atoms with Crippen molar-refractivity contribution in [2.24, 2.45) is 0 Å². The van der Waals surface area contributed by atoms with Crippen molar-refractivity contribution in [3.05, 3.63) is 24.5 Å². The average Bonchev–Trinajstić information content (AvgIpc) is 3.01. The van der Waals surface area contributed by atoms with E-state index in [1.807, 2.05) is 30.3 Å². The fraction of sp³-hybridized carbons (Fsp3) is 0.533. The van der Waals surface area contributed by atoms with Gasteiger partial charge in [-0.3, -0.25) is 0 Å². The molecule has 0 aromatic carbocycles. The maximum atomic E-state index is 12.1. The van der Waals surface area contributed by atoms with Crippen LogP contribution in [0.4, 0.5) is 10.6 Å². The number of amides is 2. The number of urea groups is 1. The number of nitrogens with zero attached hydrogens (tertiary/aromatic N) is 6. The van der Waals surface area contributed by atoms with Crippen LogP contribution in [0, 0.1) is 0 Å². The molecule has 0 N–H and O–H groups in total. The molecule has 1 aliphatic rings. The summed E-state index contributed by atoms with van der Waals surface area (Å²) in [6.07, 6.45) is 5.76. The zero-order valence-corrected chi connectivity index (χ0v) is 13.3. The first-order valence-corrected chi connectivity index (χ1v) is 7.55. The Morgan fingerprint density at radius 1 is 1.32 bits per heavy atom. The summed E-state index contributed by atoms with van der Waals surface area (Å²) < 4.78 is 1.76. The van der Waals surface area contributed by atoms with Gasteiger partial charge in [0, 0.05) is 46.5 Å². The predicted octanol–water partition coefficient (Wildman–Crippen LogP) is 1.31. The zero-order chi connectivity index (χ0) is 15.7. The third kappa shape index (κ3) is 2.70. The Morgan fingerprint density at radius 3 is 2.91 bits per heavy atom. The Morgan fingerprint density at radius 2 is 2.14 bits per heavy atom. The molecule has 3 heterocycles. The van der Waals surface area contributed by atoms with Crippen molar-refractivity contribution in [1.82, 2.24) is 24.4 Å². The van der Waals surface area contributed by atoms with Gasteiger partial charge in [0.05, 0.1) is 12.2 Å². The first-order chi connectivity index (χ1) is 10.6. The van der Waals surface area contributed by atoms with E-state index in [0.717, 1.165) is 37.4 Å². The number of fused-ring (bicyclic) bond motifs is 1. The molecule has 1 atom stereocenters. The van der Waals surface area contributed by atoms with E-state index in [9.17, 15) is 4.79 Å². The topological polar surface area (TPSA) is 57.0 Å². The van der Waals surface area contributed by atoms with E-state index in [0.29, 0.717) is 0 Å². The van der Waals surface area contributed by atoms with Crippen molar-refractivity contribution in [2.75, 3.05) is 39.1 Å². The van der Waals surface area contributed by atoms with Crippen molar-refractivity contribution in [3.63, 3.8) is 0 Å². The molecule has 2 amide bonds. The van der Waals surface area contributed by atoms with Gasteiger partial charge < -0.3 is 14.7 Å². The van der Waals surface area contributed by atoms with Gasteiger partial charge in [0.1, 0.15) is 5.82 Å². The SMILES string of the molecule is CN(C)C(=O)N(C)C1CCCN(c2ccn3nccc3n2)C1. The first kappa shape index (κ1) is 14.6. The second-order valence-electron chi connectivity index (χ2n) is 5.95. The summed E-state index contributed by atoms with van der Waals surface area (Å²) in [5, 5.41) is 4.17. The van der Waals surface area contributed by atoms with Crippen LogP contribution in [-0.2, 0) is 0 Å². The van der Waals surface area contributed by atoms with E-state index >= 15 is 0 Å². The quantitative estimate of drug-likeness (QED) is 0.839. The lowest BCUT2D eigenvalue weighted by atomic mass is 10.0. The molecule has 0 saturated carbocycles. The molecule has 1 fully saturated rings. The highest BCUT2D eigenvalue weighted by atomic mass is 16.2. The summed E-state index contributed by atoms with van der Waals surface area (Å²) in [7, 11) is 5.45. The second kappa shape index (κ2) is 5.82. The molecule has 1 unspecified atom stereocenters. The Kier molecular flexibility index (Phi) is 3.87. The molecule has 0 aliphatic carbocycles. The minimum Gasteiger partial charge on any atom is -0.354 e. The monoisotopic (exact) mass is 302 g/mol. The lowest BCUT2D eigenvalue weighted by Gasteiger charge is -2.39. The Labute approximate surface area is 130 Å². The summed E-state index contributed by atoms with van der Waals surface area (Å²) in [5.74, 6) is 0.948. The van der Waals surface area contributed by atoms with E-state index in [1.165, 1.54) is 0 Å². The number of carbonyl (C=O) groups is 1. The number of likely N-dealkylation sites (N-methyl/N-ethyl adjacent to an activating group) is 1. The maximum absolute atomic E-state index is 12.1. The highest BCUT2D eigenvalue weighted by molar-refractivity contribution is 5.74. The number of piperidine rings is 1. The highest BCUT2D eigenvalue weighted by Gasteiger charge is 2.27. The number of carbonyl (C=O) groups excluding carboxylic acids is 1. The van der Waals surface area contributed by atoms with Gasteiger partial charge in [-0.05, 0) is 18.9 Å². The van der Waals surface area contributed by atoms with Gasteiger partial charge >= 0.3 is 6.03 Å². The van der Waals surface area contributed by atoms with Crippen molar-refractivity contribution in [1.29, 1.82) is 0 Å². The van der Waals surface area contributed by atoms with Crippen LogP contribution in [0.3, 0.4) is 0 Å². The van der Waals surface area contributed by atoms with Crippen molar-refractivity contribution >= 4 is 17.5 Å². The summed E-state index contributed by atoms with van der Waals surface area (Å²) >= 11 is 0. The molecule has 2 aromatic heterocycles.